The van der Waals surface area contributed by atoms with Gasteiger partial charge in [-0.25, -0.2) is 9.79 Å². The predicted octanol–water partition coefficient (Wildman–Crippen LogP) is 4.11. The number of rotatable bonds is 8. The van der Waals surface area contributed by atoms with Gasteiger partial charge in [0.25, 0.3) is 0 Å². The summed E-state index contributed by atoms with van der Waals surface area (Å²) in [4.78, 5) is 18.0. The van der Waals surface area contributed by atoms with Crippen LogP contribution in [0, 0.1) is 0 Å². The first-order valence-corrected chi connectivity index (χ1v) is 11.4. The number of hydrazine groups is 1. The third-order valence-electron chi connectivity index (χ3n) is 6.26. The Bertz CT molecular complexity index is 1290. The second kappa shape index (κ2) is 9.89. The van der Waals surface area contributed by atoms with Crippen molar-refractivity contribution in [3.63, 3.8) is 0 Å². The van der Waals surface area contributed by atoms with Gasteiger partial charge in [-0.15, -0.1) is 0 Å². The molecule has 0 aromatic heterocycles. The highest BCUT2D eigenvalue weighted by Gasteiger charge is 2.33. The van der Waals surface area contributed by atoms with Crippen molar-refractivity contribution in [2.24, 2.45) is 0 Å². The minimum Gasteiger partial charge on any atom is -0.449 e. The number of nitrogens with one attached hydrogen (secondary N) is 1. The fourth-order valence-electron chi connectivity index (χ4n) is 4.17. The van der Waals surface area contributed by atoms with Gasteiger partial charge in [0, 0.05) is 57.1 Å². The number of carbonyl (C=O) groups excluding carboxylic acids is 1. The third kappa shape index (κ3) is 4.68. The number of nitrogens with zero attached hydrogens (tertiary/aromatic N) is 3. The van der Waals surface area contributed by atoms with Gasteiger partial charge in [0.1, 0.15) is 0 Å². The molecule has 3 aromatic rings. The maximum atomic E-state index is 12.8. The number of carbonyl (C=O) groups is 1. The van der Waals surface area contributed by atoms with Crippen molar-refractivity contribution in [3.05, 3.63) is 102 Å². The molecule has 6 heteroatoms. The lowest BCUT2D eigenvalue weighted by atomic mass is 9.98. The van der Waals surface area contributed by atoms with Crippen LogP contribution in [0.1, 0.15) is 33.2 Å². The van der Waals surface area contributed by atoms with E-state index in [0.29, 0.717) is 5.56 Å². The Morgan fingerprint density at radius 1 is 0.886 bits per heavy atom. The number of cyclic esters (lactones) is 1. The molecular formula is C29H31N4O2+. The molecule has 1 aliphatic rings. The molecule has 1 heterocycles. The summed E-state index contributed by atoms with van der Waals surface area (Å²) in [5.41, 5.74) is 7.31. The number of hydrogen-bond donors (Lipinski definition) is 1. The molecule has 0 saturated carbocycles. The fraction of sp³-hybridized carbons (Fsp3) is 0.172. The molecule has 1 atom stereocenters. The maximum Gasteiger partial charge on any atom is 0.339 e. The minimum atomic E-state index is -0.398. The van der Waals surface area contributed by atoms with Crippen LogP contribution in [0.5, 0.6) is 0 Å². The molecule has 6 nitrogen and oxygen atoms in total. The highest BCUT2D eigenvalue weighted by molar-refractivity contribution is 5.96. The summed E-state index contributed by atoms with van der Waals surface area (Å²) in [6.45, 7) is 7.66. The van der Waals surface area contributed by atoms with E-state index in [1.54, 1.807) is 12.3 Å². The normalized spacial score (nSPS) is 14.4. The Hall–Kier alpha value is -4.32. The Morgan fingerprint density at radius 3 is 2.26 bits per heavy atom. The standard InChI is InChI=1S/C29H30N4O2/c1-7-17-30-22-11-16-27(20(8-2)18-22)33(6)32(5)24-14-15-25-26(19-24)29(34)35-28(25)21-9-12-23(13-10-21)31(3)4/h7-19,28H,1-2H2,3-6H3/p+1. The first kappa shape index (κ1) is 23.8. The SMILES string of the molecule is C=CC=[NH+]c1ccc(N(C)N(C)c2ccc3c(c2)C(=O)OC3c2ccc(N(C)C)cc2)c(C=C)c1. The van der Waals surface area contributed by atoms with E-state index in [0.717, 1.165) is 39.4 Å². The zero-order chi connectivity index (χ0) is 25.1. The van der Waals surface area contributed by atoms with Gasteiger partial charge in [-0.1, -0.05) is 37.4 Å². The van der Waals surface area contributed by atoms with E-state index in [-0.39, 0.29) is 5.97 Å². The summed E-state index contributed by atoms with van der Waals surface area (Å²) in [5.74, 6) is -0.305. The molecule has 1 unspecified atom stereocenters. The molecule has 0 fully saturated rings. The summed E-state index contributed by atoms with van der Waals surface area (Å²) in [6, 6.07) is 20.0. The van der Waals surface area contributed by atoms with Gasteiger partial charge in [-0.2, -0.15) is 0 Å². The van der Waals surface area contributed by atoms with Crippen molar-refractivity contribution in [3.8, 4) is 0 Å². The molecule has 0 aliphatic carbocycles. The van der Waals surface area contributed by atoms with E-state index >= 15 is 0 Å². The van der Waals surface area contributed by atoms with E-state index in [1.165, 1.54) is 0 Å². The minimum absolute atomic E-state index is 0.305. The van der Waals surface area contributed by atoms with Gasteiger partial charge < -0.3 is 9.64 Å². The largest absolute Gasteiger partial charge is 0.449 e. The van der Waals surface area contributed by atoms with Crippen molar-refractivity contribution >= 4 is 41.0 Å². The van der Waals surface area contributed by atoms with Crippen LogP contribution in [-0.4, -0.2) is 40.4 Å². The molecule has 1 N–H and O–H groups in total. The van der Waals surface area contributed by atoms with Crippen LogP contribution < -0.4 is 19.9 Å². The summed E-state index contributed by atoms with van der Waals surface area (Å²) in [6.07, 6.45) is 4.91. The number of esters is 1. The molecule has 178 valence electrons. The van der Waals surface area contributed by atoms with Crippen LogP contribution in [0.4, 0.5) is 22.7 Å². The summed E-state index contributed by atoms with van der Waals surface area (Å²) in [5, 5.41) is 4.02. The van der Waals surface area contributed by atoms with Gasteiger partial charge >= 0.3 is 5.97 Å². The van der Waals surface area contributed by atoms with Crippen LogP contribution in [0.2, 0.25) is 0 Å². The van der Waals surface area contributed by atoms with Crippen molar-refractivity contribution in [2.45, 2.75) is 6.10 Å². The van der Waals surface area contributed by atoms with Crippen molar-refractivity contribution < 1.29 is 14.5 Å². The second-order valence-electron chi connectivity index (χ2n) is 8.61. The van der Waals surface area contributed by atoms with E-state index in [9.17, 15) is 4.79 Å². The van der Waals surface area contributed by atoms with Gasteiger partial charge in [0.15, 0.2) is 12.3 Å². The lowest BCUT2D eigenvalue weighted by Gasteiger charge is -2.33. The maximum absolute atomic E-state index is 12.8. The number of anilines is 3. The first-order valence-electron chi connectivity index (χ1n) is 11.4. The molecule has 0 saturated heterocycles. The highest BCUT2D eigenvalue weighted by Crippen LogP contribution is 2.38. The van der Waals surface area contributed by atoms with Crippen molar-refractivity contribution in [2.75, 3.05) is 43.1 Å². The van der Waals surface area contributed by atoms with E-state index in [4.69, 9.17) is 4.74 Å². The fourth-order valence-corrected chi connectivity index (χ4v) is 4.17. The number of fused-ring (bicyclic) bond motifs is 1. The molecule has 4 rings (SSSR count). The van der Waals surface area contributed by atoms with E-state index in [1.807, 2.05) is 110 Å². The Balaban J connectivity index is 1.61. The zero-order valence-electron chi connectivity index (χ0n) is 20.7. The van der Waals surface area contributed by atoms with Crippen LogP contribution in [-0.2, 0) is 4.74 Å². The lowest BCUT2D eigenvalue weighted by Crippen LogP contribution is -2.60. The van der Waals surface area contributed by atoms with Gasteiger partial charge in [0.05, 0.1) is 16.9 Å². The number of allylic oxidation sites excluding steroid dienone is 1. The molecule has 0 radical (unpaired) electrons. The van der Waals surface area contributed by atoms with Crippen LogP contribution in [0.25, 0.3) is 6.08 Å². The van der Waals surface area contributed by atoms with E-state index in [2.05, 4.69) is 18.2 Å². The van der Waals surface area contributed by atoms with Crippen LogP contribution >= 0.6 is 0 Å². The first-order chi connectivity index (χ1) is 16.8. The number of benzene rings is 3. The summed E-state index contributed by atoms with van der Waals surface area (Å²) in [7, 11) is 7.94. The Kier molecular flexibility index (Phi) is 6.73. The van der Waals surface area contributed by atoms with Crippen molar-refractivity contribution in [1.29, 1.82) is 0 Å². The van der Waals surface area contributed by atoms with Gasteiger partial charge in [-0.3, -0.25) is 10.0 Å². The number of hydrogen-bond acceptors (Lipinski definition) is 5. The molecule has 0 bridgehead atoms. The Morgan fingerprint density at radius 2 is 1.60 bits per heavy atom. The average Bonchev–Trinajstić information content (AvgIpc) is 3.22. The summed E-state index contributed by atoms with van der Waals surface area (Å²) >= 11 is 0. The topological polar surface area (TPSA) is 50.0 Å². The molecule has 1 aliphatic heterocycles. The molecule has 0 amide bonds. The smallest absolute Gasteiger partial charge is 0.339 e. The lowest BCUT2D eigenvalue weighted by molar-refractivity contribution is -0.346. The molecule has 0 spiro atoms. The number of ether oxygens (including phenoxy) is 1. The van der Waals surface area contributed by atoms with Crippen LogP contribution in [0.3, 0.4) is 0 Å². The predicted molar refractivity (Wildman–Crippen MR) is 145 cm³/mol. The summed E-state index contributed by atoms with van der Waals surface area (Å²) < 4.78 is 5.77. The second-order valence-corrected chi connectivity index (χ2v) is 8.61. The van der Waals surface area contributed by atoms with Gasteiger partial charge in [-0.05, 0) is 42.0 Å². The quantitative estimate of drug-likeness (QED) is 0.307. The van der Waals surface area contributed by atoms with Crippen molar-refractivity contribution in [1.82, 2.24) is 0 Å². The zero-order valence-corrected chi connectivity index (χ0v) is 20.7. The Labute approximate surface area is 207 Å². The monoisotopic (exact) mass is 467 g/mol. The highest BCUT2D eigenvalue weighted by atomic mass is 16.5. The third-order valence-corrected chi connectivity index (χ3v) is 6.26. The van der Waals surface area contributed by atoms with Crippen LogP contribution in [0.15, 0.2) is 79.9 Å². The van der Waals surface area contributed by atoms with E-state index < -0.39 is 6.10 Å². The average molecular weight is 468 g/mol. The molecule has 35 heavy (non-hydrogen) atoms. The molecule has 3 aromatic carbocycles. The molecular weight excluding hydrogens is 436 g/mol. The van der Waals surface area contributed by atoms with Gasteiger partial charge in [0.2, 0.25) is 5.69 Å².